The normalized spacial score (nSPS) is 12.5. The molecule has 0 bridgehead atoms. The Balaban J connectivity index is 2.69. The van der Waals surface area contributed by atoms with Crippen LogP contribution in [0.4, 0.5) is 0 Å². The summed E-state index contributed by atoms with van der Waals surface area (Å²) < 4.78 is 0. The summed E-state index contributed by atoms with van der Waals surface area (Å²) in [6, 6.07) is 1.78. The van der Waals surface area contributed by atoms with Gasteiger partial charge in [-0.3, -0.25) is 4.79 Å². The fourth-order valence-electron chi connectivity index (χ4n) is 1.15. The predicted molar refractivity (Wildman–Crippen MR) is 57.7 cm³/mol. The van der Waals surface area contributed by atoms with Gasteiger partial charge in [0.1, 0.15) is 0 Å². The maximum atomic E-state index is 11.6. The molecule has 1 aromatic heterocycles. The molecule has 0 fully saturated rings. The minimum atomic E-state index is -0.186. The van der Waals surface area contributed by atoms with Gasteiger partial charge in [-0.05, 0) is 30.4 Å². The molecule has 0 saturated carbocycles. The SMILES string of the molecule is CCc1ccsc1C(=O)N[C@H](C)CO. The highest BCUT2D eigenvalue weighted by molar-refractivity contribution is 7.12. The molecule has 0 spiro atoms. The highest BCUT2D eigenvalue weighted by Crippen LogP contribution is 2.17. The molecule has 0 aromatic carbocycles. The number of rotatable bonds is 4. The van der Waals surface area contributed by atoms with Crippen molar-refractivity contribution >= 4 is 17.2 Å². The van der Waals surface area contributed by atoms with Gasteiger partial charge in [0.25, 0.3) is 5.91 Å². The van der Waals surface area contributed by atoms with Gasteiger partial charge in [-0.2, -0.15) is 0 Å². The van der Waals surface area contributed by atoms with Crippen LogP contribution in [0.25, 0.3) is 0 Å². The molecule has 1 amide bonds. The summed E-state index contributed by atoms with van der Waals surface area (Å²) in [6.07, 6.45) is 0.861. The van der Waals surface area contributed by atoms with Gasteiger partial charge in [0.2, 0.25) is 0 Å². The first-order chi connectivity index (χ1) is 6.69. The van der Waals surface area contributed by atoms with Crippen LogP contribution in [0.5, 0.6) is 0 Å². The molecular formula is C10H15NO2S. The van der Waals surface area contributed by atoms with Crippen LogP contribution < -0.4 is 5.32 Å². The summed E-state index contributed by atoms with van der Waals surface area (Å²) in [5.41, 5.74) is 1.07. The Labute approximate surface area is 87.8 Å². The summed E-state index contributed by atoms with van der Waals surface area (Å²) in [5.74, 6) is -0.0848. The van der Waals surface area contributed by atoms with Gasteiger partial charge in [0.15, 0.2) is 0 Å². The molecule has 78 valence electrons. The van der Waals surface area contributed by atoms with Crippen molar-refractivity contribution in [2.75, 3.05) is 6.61 Å². The fraction of sp³-hybridized carbons (Fsp3) is 0.500. The molecule has 1 rings (SSSR count). The lowest BCUT2D eigenvalue weighted by Gasteiger charge is -2.10. The van der Waals surface area contributed by atoms with E-state index in [4.69, 9.17) is 5.11 Å². The fourth-order valence-corrected chi connectivity index (χ4v) is 2.05. The van der Waals surface area contributed by atoms with E-state index in [0.717, 1.165) is 16.9 Å². The zero-order chi connectivity index (χ0) is 10.6. The van der Waals surface area contributed by atoms with E-state index in [1.165, 1.54) is 11.3 Å². The van der Waals surface area contributed by atoms with Crippen LogP contribution in [-0.2, 0) is 6.42 Å². The molecule has 3 nitrogen and oxygen atoms in total. The molecule has 0 saturated heterocycles. The molecule has 0 aliphatic carbocycles. The van der Waals surface area contributed by atoms with Crippen molar-refractivity contribution < 1.29 is 9.90 Å². The van der Waals surface area contributed by atoms with E-state index in [9.17, 15) is 4.79 Å². The molecule has 1 atom stereocenters. The standard InChI is InChI=1S/C10H15NO2S/c1-3-8-4-5-14-9(8)10(13)11-7(2)6-12/h4-5,7,12H,3,6H2,1-2H3,(H,11,13)/t7-/m1/s1. The molecule has 4 heteroatoms. The largest absolute Gasteiger partial charge is 0.394 e. The molecule has 0 unspecified atom stereocenters. The number of nitrogens with one attached hydrogen (secondary N) is 1. The molecule has 14 heavy (non-hydrogen) atoms. The lowest BCUT2D eigenvalue weighted by Crippen LogP contribution is -2.34. The molecule has 0 radical (unpaired) electrons. The zero-order valence-electron chi connectivity index (χ0n) is 8.41. The van der Waals surface area contributed by atoms with Crippen LogP contribution >= 0.6 is 11.3 Å². The van der Waals surface area contributed by atoms with Crippen LogP contribution in [0, 0.1) is 0 Å². The van der Waals surface area contributed by atoms with E-state index in [1.54, 1.807) is 6.92 Å². The summed E-state index contributed by atoms with van der Waals surface area (Å²) >= 11 is 1.44. The average Bonchev–Trinajstić information content (AvgIpc) is 2.65. The van der Waals surface area contributed by atoms with Gasteiger partial charge in [-0.1, -0.05) is 6.92 Å². The molecule has 1 heterocycles. The van der Waals surface area contributed by atoms with E-state index in [-0.39, 0.29) is 18.6 Å². The van der Waals surface area contributed by atoms with Crippen molar-refractivity contribution in [2.24, 2.45) is 0 Å². The lowest BCUT2D eigenvalue weighted by atomic mass is 10.2. The number of aliphatic hydroxyl groups excluding tert-OH is 1. The van der Waals surface area contributed by atoms with E-state index in [0.29, 0.717) is 0 Å². The second-order valence-corrected chi connectivity index (χ2v) is 4.10. The summed E-state index contributed by atoms with van der Waals surface area (Å²) in [7, 11) is 0. The van der Waals surface area contributed by atoms with Gasteiger partial charge < -0.3 is 10.4 Å². The lowest BCUT2D eigenvalue weighted by molar-refractivity contribution is 0.0925. The monoisotopic (exact) mass is 213 g/mol. The van der Waals surface area contributed by atoms with Gasteiger partial charge in [0, 0.05) is 6.04 Å². The summed E-state index contributed by atoms with van der Waals surface area (Å²) in [4.78, 5) is 12.4. The van der Waals surface area contributed by atoms with Crippen LogP contribution in [0.3, 0.4) is 0 Å². The van der Waals surface area contributed by atoms with Gasteiger partial charge in [-0.25, -0.2) is 0 Å². The van der Waals surface area contributed by atoms with Crippen molar-refractivity contribution in [2.45, 2.75) is 26.3 Å². The number of carbonyl (C=O) groups excluding carboxylic acids is 1. The predicted octanol–water partition coefficient (Wildman–Crippen LogP) is 1.42. The maximum absolute atomic E-state index is 11.6. The number of aliphatic hydroxyl groups is 1. The first kappa shape index (κ1) is 11.2. The smallest absolute Gasteiger partial charge is 0.261 e. The number of thiophene rings is 1. The summed E-state index contributed by atoms with van der Waals surface area (Å²) in [5, 5.41) is 13.4. The number of carbonyl (C=O) groups is 1. The molecule has 0 aliphatic heterocycles. The van der Waals surface area contributed by atoms with Crippen molar-refractivity contribution in [3.05, 3.63) is 21.9 Å². The van der Waals surface area contributed by atoms with E-state index >= 15 is 0 Å². The van der Waals surface area contributed by atoms with Crippen molar-refractivity contribution in [1.29, 1.82) is 0 Å². The third kappa shape index (κ3) is 2.56. The Kier molecular flexibility index (Phi) is 4.10. The topological polar surface area (TPSA) is 49.3 Å². The quantitative estimate of drug-likeness (QED) is 0.794. The van der Waals surface area contributed by atoms with Crippen molar-refractivity contribution in [3.8, 4) is 0 Å². The zero-order valence-corrected chi connectivity index (χ0v) is 9.23. The second-order valence-electron chi connectivity index (χ2n) is 3.19. The first-order valence-electron chi connectivity index (χ1n) is 4.67. The van der Waals surface area contributed by atoms with Gasteiger partial charge in [0.05, 0.1) is 11.5 Å². The third-order valence-corrected chi connectivity index (χ3v) is 2.94. The van der Waals surface area contributed by atoms with Crippen molar-refractivity contribution in [1.82, 2.24) is 5.32 Å². The highest BCUT2D eigenvalue weighted by Gasteiger charge is 2.13. The van der Waals surface area contributed by atoms with Crippen LogP contribution in [0.1, 0.15) is 29.1 Å². The number of aryl methyl sites for hydroxylation is 1. The highest BCUT2D eigenvalue weighted by atomic mass is 32.1. The first-order valence-corrected chi connectivity index (χ1v) is 5.55. The number of hydrogen-bond acceptors (Lipinski definition) is 3. The minimum absolute atomic E-state index is 0.0292. The summed E-state index contributed by atoms with van der Waals surface area (Å²) in [6.45, 7) is 3.77. The number of hydrogen-bond donors (Lipinski definition) is 2. The Morgan fingerprint density at radius 3 is 3.00 bits per heavy atom. The van der Waals surface area contributed by atoms with Crippen LogP contribution in [0.15, 0.2) is 11.4 Å². The Morgan fingerprint density at radius 1 is 1.71 bits per heavy atom. The third-order valence-electron chi connectivity index (χ3n) is 1.99. The Hall–Kier alpha value is -0.870. The van der Waals surface area contributed by atoms with Crippen LogP contribution in [-0.4, -0.2) is 23.7 Å². The van der Waals surface area contributed by atoms with Crippen LogP contribution in [0.2, 0.25) is 0 Å². The van der Waals surface area contributed by atoms with Crippen molar-refractivity contribution in [3.63, 3.8) is 0 Å². The van der Waals surface area contributed by atoms with Gasteiger partial charge in [-0.15, -0.1) is 11.3 Å². The minimum Gasteiger partial charge on any atom is -0.394 e. The molecule has 2 N–H and O–H groups in total. The molecule has 0 aliphatic rings. The van der Waals surface area contributed by atoms with E-state index in [2.05, 4.69) is 5.32 Å². The Bertz CT molecular complexity index is 309. The van der Waals surface area contributed by atoms with E-state index < -0.39 is 0 Å². The van der Waals surface area contributed by atoms with E-state index in [1.807, 2.05) is 18.4 Å². The van der Waals surface area contributed by atoms with Gasteiger partial charge >= 0.3 is 0 Å². The molecule has 1 aromatic rings. The maximum Gasteiger partial charge on any atom is 0.261 e. The molecular weight excluding hydrogens is 198 g/mol. The average molecular weight is 213 g/mol. The number of amides is 1. The second kappa shape index (κ2) is 5.12. The Morgan fingerprint density at radius 2 is 2.43 bits per heavy atom.